The molecule has 1 aromatic rings. The average Bonchev–Trinajstić information content (AvgIpc) is 2.23. The Morgan fingerprint density at radius 2 is 1.94 bits per heavy atom. The molecule has 0 radical (unpaired) electrons. The van der Waals surface area contributed by atoms with Crippen LogP contribution < -0.4 is 4.90 Å². The summed E-state index contributed by atoms with van der Waals surface area (Å²) in [5.41, 5.74) is 0.444. The van der Waals surface area contributed by atoms with Crippen LogP contribution in [0.5, 0.6) is 0 Å². The van der Waals surface area contributed by atoms with Crippen molar-refractivity contribution in [3.05, 3.63) is 16.0 Å². The zero-order chi connectivity index (χ0) is 11.8. The molecule has 1 aliphatic rings. The van der Waals surface area contributed by atoms with Gasteiger partial charge < -0.3 is 4.90 Å². The molecule has 0 aliphatic carbocycles. The van der Waals surface area contributed by atoms with E-state index < -0.39 is 0 Å². The van der Waals surface area contributed by atoms with Crippen molar-refractivity contribution in [2.24, 2.45) is 5.41 Å². The summed E-state index contributed by atoms with van der Waals surface area (Å²) in [6.07, 6.45) is 3.88. The Labute approximate surface area is 109 Å². The smallest absolute Gasteiger partial charge is 0.148 e. The maximum atomic E-state index is 5.96. The monoisotopic (exact) mass is 303 g/mol. The fourth-order valence-electron chi connectivity index (χ4n) is 1.88. The van der Waals surface area contributed by atoms with Gasteiger partial charge in [0.15, 0.2) is 0 Å². The van der Waals surface area contributed by atoms with E-state index in [1.165, 1.54) is 19.2 Å². The van der Waals surface area contributed by atoms with Gasteiger partial charge in [-0.2, -0.15) is 0 Å². The van der Waals surface area contributed by atoms with E-state index >= 15 is 0 Å². The zero-order valence-corrected chi connectivity index (χ0v) is 11.8. The molecule has 1 aromatic heterocycles. The second-order valence-corrected chi connectivity index (χ2v) is 6.10. The van der Waals surface area contributed by atoms with Crippen molar-refractivity contribution in [3.63, 3.8) is 0 Å². The summed E-state index contributed by atoms with van der Waals surface area (Å²) < 4.78 is 0.802. The van der Waals surface area contributed by atoms with Crippen LogP contribution in [0.25, 0.3) is 0 Å². The standard InChI is InChI=1S/C11H15BrClN3/c1-11(2)3-5-16(6-4-11)10-8(12)9(13)14-7-15-10/h7H,3-6H2,1-2H3. The van der Waals surface area contributed by atoms with Gasteiger partial charge in [0.25, 0.3) is 0 Å². The van der Waals surface area contributed by atoms with E-state index in [0.717, 1.165) is 23.4 Å². The first kappa shape index (κ1) is 12.1. The van der Waals surface area contributed by atoms with E-state index in [0.29, 0.717) is 10.6 Å². The lowest BCUT2D eigenvalue weighted by Crippen LogP contribution is -2.38. The number of nitrogens with zero attached hydrogens (tertiary/aromatic N) is 3. The number of halogens is 2. The zero-order valence-electron chi connectivity index (χ0n) is 9.50. The summed E-state index contributed by atoms with van der Waals surface area (Å²) >= 11 is 9.41. The Morgan fingerprint density at radius 1 is 1.31 bits per heavy atom. The van der Waals surface area contributed by atoms with Crippen molar-refractivity contribution >= 4 is 33.3 Å². The lowest BCUT2D eigenvalue weighted by atomic mass is 9.83. The van der Waals surface area contributed by atoms with Gasteiger partial charge in [0.2, 0.25) is 0 Å². The second kappa shape index (κ2) is 4.49. The van der Waals surface area contributed by atoms with Gasteiger partial charge in [0.1, 0.15) is 17.3 Å². The Bertz CT molecular complexity index is 385. The fourth-order valence-corrected chi connectivity index (χ4v) is 2.47. The van der Waals surface area contributed by atoms with Crippen LogP contribution in [0.4, 0.5) is 5.82 Å². The van der Waals surface area contributed by atoms with Crippen molar-refractivity contribution in [1.82, 2.24) is 9.97 Å². The van der Waals surface area contributed by atoms with Crippen LogP contribution in [0.1, 0.15) is 26.7 Å². The van der Waals surface area contributed by atoms with Crippen LogP contribution in [0.3, 0.4) is 0 Å². The van der Waals surface area contributed by atoms with Gasteiger partial charge in [-0.25, -0.2) is 9.97 Å². The SMILES string of the molecule is CC1(C)CCN(c2ncnc(Cl)c2Br)CC1. The molecule has 0 unspecified atom stereocenters. The Balaban J connectivity index is 2.17. The molecule has 0 spiro atoms. The summed E-state index contributed by atoms with van der Waals surface area (Å²) in [5, 5.41) is 0.481. The van der Waals surface area contributed by atoms with Gasteiger partial charge in [-0.05, 0) is 34.2 Å². The molecule has 16 heavy (non-hydrogen) atoms. The summed E-state index contributed by atoms with van der Waals surface area (Å²) in [6.45, 7) is 6.68. The van der Waals surface area contributed by atoms with Gasteiger partial charge in [0.05, 0.1) is 4.47 Å². The fraction of sp³-hybridized carbons (Fsp3) is 0.636. The highest BCUT2D eigenvalue weighted by Crippen LogP contribution is 2.35. The molecule has 2 heterocycles. The molecule has 5 heteroatoms. The van der Waals surface area contributed by atoms with Gasteiger partial charge >= 0.3 is 0 Å². The predicted octanol–water partition coefficient (Wildman–Crippen LogP) is 3.52. The van der Waals surface area contributed by atoms with Gasteiger partial charge in [-0.1, -0.05) is 25.4 Å². The minimum Gasteiger partial charge on any atom is -0.355 e. The summed E-state index contributed by atoms with van der Waals surface area (Å²) in [7, 11) is 0. The Hall–Kier alpha value is -0.350. The number of aromatic nitrogens is 2. The maximum Gasteiger partial charge on any atom is 0.148 e. The lowest BCUT2D eigenvalue weighted by Gasteiger charge is -2.37. The molecule has 0 amide bonds. The molecule has 1 aliphatic heterocycles. The molecule has 1 fully saturated rings. The van der Waals surface area contributed by atoms with Crippen LogP contribution in [-0.4, -0.2) is 23.1 Å². The lowest BCUT2D eigenvalue weighted by molar-refractivity contribution is 0.279. The molecule has 3 nitrogen and oxygen atoms in total. The average molecular weight is 305 g/mol. The number of hydrogen-bond acceptors (Lipinski definition) is 3. The van der Waals surface area contributed by atoms with Gasteiger partial charge in [0, 0.05) is 13.1 Å². The van der Waals surface area contributed by atoms with Crippen LogP contribution in [0.15, 0.2) is 10.8 Å². The molecule has 0 saturated carbocycles. The number of piperidine rings is 1. The van der Waals surface area contributed by atoms with E-state index in [2.05, 4.69) is 44.6 Å². The highest BCUT2D eigenvalue weighted by molar-refractivity contribution is 9.10. The van der Waals surface area contributed by atoms with Crippen LogP contribution in [-0.2, 0) is 0 Å². The molecule has 1 saturated heterocycles. The van der Waals surface area contributed by atoms with Crippen molar-refractivity contribution < 1.29 is 0 Å². The van der Waals surface area contributed by atoms with Crippen molar-refractivity contribution in [3.8, 4) is 0 Å². The molecular formula is C11H15BrClN3. The quantitative estimate of drug-likeness (QED) is 0.743. The maximum absolute atomic E-state index is 5.96. The minimum absolute atomic E-state index is 0.444. The minimum atomic E-state index is 0.444. The predicted molar refractivity (Wildman–Crippen MR) is 70.0 cm³/mol. The number of rotatable bonds is 1. The third kappa shape index (κ3) is 2.48. The van der Waals surface area contributed by atoms with E-state index in [9.17, 15) is 0 Å². The first-order valence-corrected chi connectivity index (χ1v) is 6.58. The molecular weight excluding hydrogens is 289 g/mol. The first-order chi connectivity index (χ1) is 7.49. The molecule has 2 rings (SSSR count). The number of hydrogen-bond donors (Lipinski definition) is 0. The highest BCUT2D eigenvalue weighted by Gasteiger charge is 2.27. The van der Waals surface area contributed by atoms with E-state index in [4.69, 9.17) is 11.6 Å². The Morgan fingerprint density at radius 3 is 2.56 bits per heavy atom. The van der Waals surface area contributed by atoms with Crippen molar-refractivity contribution in [2.75, 3.05) is 18.0 Å². The number of anilines is 1. The Kier molecular flexibility index (Phi) is 3.40. The summed E-state index contributed by atoms with van der Waals surface area (Å²) in [5.74, 6) is 0.913. The third-order valence-electron chi connectivity index (χ3n) is 3.15. The molecule has 0 bridgehead atoms. The molecule has 0 aromatic carbocycles. The highest BCUT2D eigenvalue weighted by atomic mass is 79.9. The summed E-state index contributed by atoms with van der Waals surface area (Å²) in [6, 6.07) is 0. The van der Waals surface area contributed by atoms with Crippen molar-refractivity contribution in [2.45, 2.75) is 26.7 Å². The van der Waals surface area contributed by atoms with Crippen molar-refractivity contribution in [1.29, 1.82) is 0 Å². The third-order valence-corrected chi connectivity index (χ3v) is 4.39. The van der Waals surface area contributed by atoms with E-state index in [1.54, 1.807) is 0 Å². The normalized spacial score (nSPS) is 19.9. The van der Waals surface area contributed by atoms with Gasteiger partial charge in [-0.3, -0.25) is 0 Å². The van der Waals surface area contributed by atoms with E-state index in [1.807, 2.05) is 0 Å². The summed E-state index contributed by atoms with van der Waals surface area (Å²) in [4.78, 5) is 10.5. The van der Waals surface area contributed by atoms with Crippen LogP contribution >= 0.6 is 27.5 Å². The van der Waals surface area contributed by atoms with Crippen LogP contribution in [0.2, 0.25) is 5.15 Å². The van der Waals surface area contributed by atoms with Crippen LogP contribution in [0, 0.1) is 5.41 Å². The second-order valence-electron chi connectivity index (χ2n) is 4.95. The largest absolute Gasteiger partial charge is 0.355 e. The topological polar surface area (TPSA) is 29.0 Å². The molecule has 88 valence electrons. The van der Waals surface area contributed by atoms with Gasteiger partial charge in [-0.15, -0.1) is 0 Å². The van der Waals surface area contributed by atoms with E-state index in [-0.39, 0.29) is 0 Å². The molecule has 0 N–H and O–H groups in total. The first-order valence-electron chi connectivity index (χ1n) is 5.40. The molecule has 0 atom stereocenters.